The highest BCUT2D eigenvalue weighted by Crippen LogP contribution is 2.27. The number of hydrogen-bond acceptors (Lipinski definition) is 2. The molecule has 0 aliphatic heterocycles. The minimum Gasteiger partial charge on any atom is -0.271 e. The largest absolute Gasteiger partial charge is 0.271 e. The molecule has 0 spiro atoms. The Morgan fingerprint density at radius 1 is 1.64 bits per heavy atom. The van der Waals surface area contributed by atoms with Gasteiger partial charge in [-0.3, -0.25) is 11.3 Å². The number of nitrogens with one attached hydrogen (secondary N) is 1. The van der Waals surface area contributed by atoms with Crippen LogP contribution in [-0.2, 0) is 0 Å². The second kappa shape index (κ2) is 5.15. The van der Waals surface area contributed by atoms with Crippen LogP contribution in [0, 0.1) is 6.92 Å². The van der Waals surface area contributed by atoms with E-state index in [0.717, 1.165) is 22.6 Å². The third kappa shape index (κ3) is 2.35. The molecule has 0 saturated carbocycles. The monoisotopic (exact) mass is 210 g/mol. The predicted molar refractivity (Wildman–Crippen MR) is 61.1 cm³/mol. The summed E-state index contributed by atoms with van der Waals surface area (Å²) in [5.41, 5.74) is 4.82. The van der Waals surface area contributed by atoms with Gasteiger partial charge in [0.1, 0.15) is 0 Å². The van der Waals surface area contributed by atoms with Crippen molar-refractivity contribution in [2.24, 2.45) is 5.84 Å². The fraction of sp³-hybridized carbons (Fsp3) is 0.273. The zero-order valence-corrected chi connectivity index (χ0v) is 9.01. The molecule has 0 amide bonds. The van der Waals surface area contributed by atoms with Gasteiger partial charge in [-0.15, -0.1) is 6.58 Å². The highest BCUT2D eigenvalue weighted by Gasteiger charge is 2.12. The Balaban J connectivity index is 3.03. The zero-order valence-electron chi connectivity index (χ0n) is 8.26. The lowest BCUT2D eigenvalue weighted by molar-refractivity contribution is 0.561. The summed E-state index contributed by atoms with van der Waals surface area (Å²) in [4.78, 5) is 0. The average Bonchev–Trinajstić information content (AvgIpc) is 2.19. The van der Waals surface area contributed by atoms with Gasteiger partial charge in [-0.2, -0.15) is 0 Å². The molecular formula is C11H15ClN2. The summed E-state index contributed by atoms with van der Waals surface area (Å²) >= 11 is 6.17. The zero-order chi connectivity index (χ0) is 10.6. The summed E-state index contributed by atoms with van der Waals surface area (Å²) < 4.78 is 0. The maximum absolute atomic E-state index is 6.17. The molecule has 2 nitrogen and oxygen atoms in total. The molecule has 0 bridgehead atoms. The fourth-order valence-electron chi connectivity index (χ4n) is 1.39. The lowest BCUT2D eigenvalue weighted by Crippen LogP contribution is -2.27. The van der Waals surface area contributed by atoms with Crippen molar-refractivity contribution in [3.63, 3.8) is 0 Å². The first-order valence-corrected chi connectivity index (χ1v) is 4.90. The summed E-state index contributed by atoms with van der Waals surface area (Å²) in [7, 11) is 0. The van der Waals surface area contributed by atoms with Gasteiger partial charge in [-0.1, -0.05) is 35.9 Å². The van der Waals surface area contributed by atoms with E-state index in [-0.39, 0.29) is 6.04 Å². The van der Waals surface area contributed by atoms with Crippen molar-refractivity contribution < 1.29 is 0 Å². The van der Waals surface area contributed by atoms with Crippen LogP contribution in [0.25, 0.3) is 0 Å². The van der Waals surface area contributed by atoms with E-state index in [4.69, 9.17) is 17.4 Å². The summed E-state index contributed by atoms with van der Waals surface area (Å²) in [5, 5.41) is 0.775. The van der Waals surface area contributed by atoms with Crippen molar-refractivity contribution in [2.75, 3.05) is 0 Å². The van der Waals surface area contributed by atoms with Crippen LogP contribution in [0.4, 0.5) is 0 Å². The van der Waals surface area contributed by atoms with Crippen molar-refractivity contribution in [3.05, 3.63) is 47.0 Å². The molecule has 0 heterocycles. The molecule has 1 aromatic rings. The van der Waals surface area contributed by atoms with Gasteiger partial charge in [0.05, 0.1) is 6.04 Å². The Hall–Kier alpha value is -0.830. The summed E-state index contributed by atoms with van der Waals surface area (Å²) in [6, 6.07) is 5.97. The van der Waals surface area contributed by atoms with Crippen molar-refractivity contribution in [3.8, 4) is 0 Å². The molecular weight excluding hydrogens is 196 g/mol. The van der Waals surface area contributed by atoms with Crippen molar-refractivity contribution in [1.29, 1.82) is 0 Å². The molecule has 1 aromatic carbocycles. The number of hydrazine groups is 1. The minimum absolute atomic E-state index is 0.0416. The highest BCUT2D eigenvalue weighted by atomic mass is 35.5. The standard InChI is InChI=1S/C11H15ClN2/c1-3-5-10(14-13)9-7-4-6-8(2)11(9)12/h3-4,6-7,10,14H,1,5,13H2,2H3. The third-order valence-corrected chi connectivity index (χ3v) is 2.72. The molecule has 3 heteroatoms. The molecule has 0 fully saturated rings. The summed E-state index contributed by atoms with van der Waals surface area (Å²) in [5.74, 6) is 5.45. The van der Waals surface area contributed by atoms with Crippen LogP contribution in [0.5, 0.6) is 0 Å². The molecule has 14 heavy (non-hydrogen) atoms. The first kappa shape index (κ1) is 11.2. The van der Waals surface area contributed by atoms with Gasteiger partial charge in [0.15, 0.2) is 0 Å². The van der Waals surface area contributed by atoms with E-state index in [1.54, 1.807) is 0 Å². The van der Waals surface area contributed by atoms with Crippen LogP contribution >= 0.6 is 11.6 Å². The Kier molecular flexibility index (Phi) is 4.14. The SMILES string of the molecule is C=CCC(NN)c1cccc(C)c1Cl. The van der Waals surface area contributed by atoms with Crippen LogP contribution < -0.4 is 11.3 Å². The number of benzene rings is 1. The first-order valence-electron chi connectivity index (χ1n) is 4.52. The van der Waals surface area contributed by atoms with Crippen LogP contribution in [-0.4, -0.2) is 0 Å². The Labute approximate surface area is 89.7 Å². The van der Waals surface area contributed by atoms with Gasteiger partial charge in [0.25, 0.3) is 0 Å². The molecule has 0 aliphatic carbocycles. The second-order valence-corrected chi connectivity index (χ2v) is 3.60. The van der Waals surface area contributed by atoms with E-state index < -0.39 is 0 Å². The molecule has 0 radical (unpaired) electrons. The van der Waals surface area contributed by atoms with Crippen molar-refractivity contribution in [1.82, 2.24) is 5.43 Å². The second-order valence-electron chi connectivity index (χ2n) is 3.22. The summed E-state index contributed by atoms with van der Waals surface area (Å²) in [6.07, 6.45) is 2.59. The number of nitrogens with two attached hydrogens (primary N) is 1. The lowest BCUT2D eigenvalue weighted by Gasteiger charge is -2.16. The maximum atomic E-state index is 6.17. The van der Waals surface area contributed by atoms with E-state index in [0.29, 0.717) is 0 Å². The lowest BCUT2D eigenvalue weighted by atomic mass is 10.0. The van der Waals surface area contributed by atoms with E-state index in [9.17, 15) is 0 Å². The third-order valence-electron chi connectivity index (χ3n) is 2.20. The van der Waals surface area contributed by atoms with Gasteiger partial charge in [0.2, 0.25) is 0 Å². The fourth-order valence-corrected chi connectivity index (χ4v) is 1.65. The van der Waals surface area contributed by atoms with E-state index in [2.05, 4.69) is 12.0 Å². The van der Waals surface area contributed by atoms with Crippen LogP contribution in [0.15, 0.2) is 30.9 Å². The molecule has 0 aromatic heterocycles. The van der Waals surface area contributed by atoms with Gasteiger partial charge in [-0.25, -0.2) is 0 Å². The van der Waals surface area contributed by atoms with E-state index >= 15 is 0 Å². The average molecular weight is 211 g/mol. The van der Waals surface area contributed by atoms with E-state index in [1.165, 1.54) is 0 Å². The maximum Gasteiger partial charge on any atom is 0.0509 e. The summed E-state index contributed by atoms with van der Waals surface area (Å²) in [6.45, 7) is 5.67. The molecule has 1 atom stereocenters. The molecule has 1 rings (SSSR count). The van der Waals surface area contributed by atoms with Gasteiger partial charge in [-0.05, 0) is 24.5 Å². The predicted octanol–water partition coefficient (Wildman–Crippen LogP) is 2.73. The van der Waals surface area contributed by atoms with Gasteiger partial charge in [0, 0.05) is 5.02 Å². The van der Waals surface area contributed by atoms with E-state index in [1.807, 2.05) is 31.2 Å². The highest BCUT2D eigenvalue weighted by molar-refractivity contribution is 6.32. The van der Waals surface area contributed by atoms with Gasteiger partial charge >= 0.3 is 0 Å². The number of halogens is 1. The number of aryl methyl sites for hydroxylation is 1. The minimum atomic E-state index is 0.0416. The van der Waals surface area contributed by atoms with Crippen LogP contribution in [0.2, 0.25) is 5.02 Å². The normalized spacial score (nSPS) is 12.5. The molecule has 1 unspecified atom stereocenters. The molecule has 3 N–H and O–H groups in total. The molecule has 0 aliphatic rings. The topological polar surface area (TPSA) is 38.0 Å². The van der Waals surface area contributed by atoms with Gasteiger partial charge < -0.3 is 0 Å². The first-order chi connectivity index (χ1) is 6.70. The number of rotatable bonds is 4. The van der Waals surface area contributed by atoms with Crippen LogP contribution in [0.1, 0.15) is 23.6 Å². The Morgan fingerprint density at radius 3 is 2.93 bits per heavy atom. The Bertz CT molecular complexity index is 323. The Morgan fingerprint density at radius 2 is 2.36 bits per heavy atom. The smallest absolute Gasteiger partial charge is 0.0509 e. The van der Waals surface area contributed by atoms with Crippen molar-refractivity contribution >= 4 is 11.6 Å². The number of hydrogen-bond donors (Lipinski definition) is 2. The molecule has 0 saturated heterocycles. The van der Waals surface area contributed by atoms with Crippen LogP contribution in [0.3, 0.4) is 0 Å². The van der Waals surface area contributed by atoms with Crippen molar-refractivity contribution in [2.45, 2.75) is 19.4 Å². The molecule has 76 valence electrons. The quantitative estimate of drug-likeness (QED) is 0.456.